The molecule has 0 aliphatic heterocycles. The van der Waals surface area contributed by atoms with Gasteiger partial charge in [0.25, 0.3) is 0 Å². The number of benzene rings is 1. The molecule has 140 valence electrons. The zero-order valence-corrected chi connectivity index (χ0v) is 17.1. The van der Waals surface area contributed by atoms with Gasteiger partial charge in [-0.25, -0.2) is 4.98 Å². The Morgan fingerprint density at radius 3 is 2.56 bits per heavy atom. The molecule has 8 heteroatoms. The van der Waals surface area contributed by atoms with Crippen LogP contribution >= 0.6 is 36.2 Å². The van der Waals surface area contributed by atoms with E-state index in [2.05, 4.69) is 10.3 Å². The first-order chi connectivity index (χ1) is 11.1. The predicted octanol–water partition coefficient (Wildman–Crippen LogP) is 3.27. The van der Waals surface area contributed by atoms with E-state index in [-0.39, 0.29) is 30.7 Å². The van der Waals surface area contributed by atoms with Crippen molar-refractivity contribution < 1.29 is 9.53 Å². The van der Waals surface area contributed by atoms with Crippen LogP contribution in [0.15, 0.2) is 29.6 Å². The van der Waals surface area contributed by atoms with Crippen molar-refractivity contribution in [3.8, 4) is 16.3 Å². The second-order valence-corrected chi connectivity index (χ2v) is 6.06. The van der Waals surface area contributed by atoms with Gasteiger partial charge in [-0.05, 0) is 38.2 Å². The molecule has 1 aromatic carbocycles. The molecular formula is C17H25Cl2N3O2S. The number of ether oxygens (including phenoxy) is 1. The number of aromatic nitrogens is 1. The number of nitrogens with zero attached hydrogens (tertiary/aromatic N) is 2. The van der Waals surface area contributed by atoms with Crippen molar-refractivity contribution in [3.05, 3.63) is 35.3 Å². The summed E-state index contributed by atoms with van der Waals surface area (Å²) in [5.74, 6) is 0.943. The molecule has 0 atom stereocenters. The van der Waals surface area contributed by atoms with Gasteiger partial charge in [-0.2, -0.15) is 0 Å². The standard InChI is InChI=1S/C17H23N3O2S.2ClH/c1-4-22-15-7-5-13(6-8-15)17-19-14(12-23-17)11-16(21)20(3)10-9-18-2;;/h5-8,12,18H,4,9-11H2,1-3H3;2*1H. The topological polar surface area (TPSA) is 54.5 Å². The van der Waals surface area contributed by atoms with Gasteiger partial charge in [0.2, 0.25) is 5.91 Å². The van der Waals surface area contributed by atoms with Crippen molar-refractivity contribution in [1.82, 2.24) is 15.2 Å². The molecule has 1 heterocycles. The molecule has 0 spiro atoms. The highest BCUT2D eigenvalue weighted by atomic mass is 35.5. The summed E-state index contributed by atoms with van der Waals surface area (Å²) in [4.78, 5) is 18.4. The molecule has 1 N–H and O–H groups in total. The maximum absolute atomic E-state index is 12.1. The molecule has 0 fully saturated rings. The van der Waals surface area contributed by atoms with Gasteiger partial charge >= 0.3 is 0 Å². The Bertz CT molecular complexity index is 635. The lowest BCUT2D eigenvalue weighted by Crippen LogP contribution is -2.33. The second kappa shape index (κ2) is 12.1. The lowest BCUT2D eigenvalue weighted by Gasteiger charge is -2.16. The second-order valence-electron chi connectivity index (χ2n) is 5.20. The smallest absolute Gasteiger partial charge is 0.228 e. The van der Waals surface area contributed by atoms with Gasteiger partial charge in [-0.3, -0.25) is 4.79 Å². The van der Waals surface area contributed by atoms with Crippen LogP contribution in [0.3, 0.4) is 0 Å². The summed E-state index contributed by atoms with van der Waals surface area (Å²) < 4.78 is 5.44. The van der Waals surface area contributed by atoms with Crippen molar-refractivity contribution in [1.29, 1.82) is 0 Å². The average Bonchev–Trinajstić information content (AvgIpc) is 3.02. The van der Waals surface area contributed by atoms with Gasteiger partial charge in [0.1, 0.15) is 10.8 Å². The van der Waals surface area contributed by atoms with E-state index in [1.54, 1.807) is 16.2 Å². The van der Waals surface area contributed by atoms with Crippen molar-refractivity contribution in [2.75, 3.05) is 33.8 Å². The Morgan fingerprint density at radius 1 is 1.28 bits per heavy atom. The molecule has 0 bridgehead atoms. The number of hydrogen-bond donors (Lipinski definition) is 1. The van der Waals surface area contributed by atoms with Gasteiger partial charge < -0.3 is 15.0 Å². The van der Waals surface area contributed by atoms with E-state index in [1.165, 1.54) is 0 Å². The molecule has 0 saturated heterocycles. The van der Waals surface area contributed by atoms with Crippen LogP contribution in [0.2, 0.25) is 0 Å². The number of hydrogen-bond acceptors (Lipinski definition) is 5. The van der Waals surface area contributed by atoms with Gasteiger partial charge in [0, 0.05) is 31.1 Å². The Labute approximate surface area is 165 Å². The quantitative estimate of drug-likeness (QED) is 0.731. The maximum atomic E-state index is 12.1. The van der Waals surface area contributed by atoms with E-state index in [9.17, 15) is 4.79 Å². The average molecular weight is 406 g/mol. The summed E-state index contributed by atoms with van der Waals surface area (Å²) in [6, 6.07) is 7.87. The van der Waals surface area contributed by atoms with Gasteiger partial charge in [-0.1, -0.05) is 0 Å². The SMILES string of the molecule is CCOc1ccc(-c2nc(CC(=O)N(C)CCNC)cs2)cc1.Cl.Cl. The van der Waals surface area contributed by atoms with Crippen LogP contribution in [0.25, 0.3) is 10.6 Å². The highest BCUT2D eigenvalue weighted by Crippen LogP contribution is 2.26. The first-order valence-electron chi connectivity index (χ1n) is 7.70. The molecule has 1 amide bonds. The third-order valence-corrected chi connectivity index (χ3v) is 4.36. The van der Waals surface area contributed by atoms with Crippen LogP contribution in [0.5, 0.6) is 5.75 Å². The molecule has 0 saturated carbocycles. The van der Waals surface area contributed by atoms with Crippen LogP contribution in [-0.4, -0.2) is 49.6 Å². The van der Waals surface area contributed by atoms with Crippen LogP contribution in [0.4, 0.5) is 0 Å². The fraction of sp³-hybridized carbons (Fsp3) is 0.412. The Kier molecular flexibility index (Phi) is 11.4. The number of nitrogens with one attached hydrogen (secondary N) is 1. The fourth-order valence-corrected chi connectivity index (χ4v) is 2.90. The summed E-state index contributed by atoms with van der Waals surface area (Å²) in [7, 11) is 3.70. The molecular weight excluding hydrogens is 381 g/mol. The summed E-state index contributed by atoms with van der Waals surface area (Å²) in [5.41, 5.74) is 1.86. The van der Waals surface area contributed by atoms with Crippen molar-refractivity contribution in [2.45, 2.75) is 13.3 Å². The number of likely N-dealkylation sites (N-methyl/N-ethyl adjacent to an activating group) is 2. The van der Waals surface area contributed by atoms with Crippen LogP contribution in [-0.2, 0) is 11.2 Å². The summed E-state index contributed by atoms with van der Waals surface area (Å²) in [6.45, 7) is 4.11. The number of rotatable bonds is 8. The van der Waals surface area contributed by atoms with Crippen molar-refractivity contribution in [2.24, 2.45) is 0 Å². The lowest BCUT2D eigenvalue weighted by molar-refractivity contribution is -0.129. The first kappa shape index (κ1) is 23.7. The number of thiazole rings is 1. The van der Waals surface area contributed by atoms with Crippen molar-refractivity contribution >= 4 is 42.1 Å². The van der Waals surface area contributed by atoms with Crippen molar-refractivity contribution in [3.63, 3.8) is 0 Å². The molecule has 25 heavy (non-hydrogen) atoms. The van der Waals surface area contributed by atoms with Gasteiger partial charge in [0.15, 0.2) is 0 Å². The van der Waals surface area contributed by atoms with E-state index < -0.39 is 0 Å². The van der Waals surface area contributed by atoms with Gasteiger partial charge in [0.05, 0.1) is 18.7 Å². The zero-order valence-electron chi connectivity index (χ0n) is 14.7. The third kappa shape index (κ3) is 7.20. The molecule has 0 unspecified atom stereocenters. The summed E-state index contributed by atoms with van der Waals surface area (Å²) >= 11 is 1.56. The molecule has 0 aliphatic carbocycles. The number of carbonyl (C=O) groups is 1. The van der Waals surface area contributed by atoms with Gasteiger partial charge in [-0.15, -0.1) is 36.2 Å². The largest absolute Gasteiger partial charge is 0.494 e. The number of halogens is 2. The van der Waals surface area contributed by atoms with E-state index in [1.807, 2.05) is 50.7 Å². The minimum Gasteiger partial charge on any atom is -0.494 e. The van der Waals surface area contributed by atoms with E-state index in [4.69, 9.17) is 4.74 Å². The van der Waals surface area contributed by atoms with Crippen LogP contribution in [0, 0.1) is 0 Å². The Hall–Kier alpha value is -1.34. The lowest BCUT2D eigenvalue weighted by atomic mass is 10.2. The van der Waals surface area contributed by atoms with Crippen LogP contribution < -0.4 is 10.1 Å². The molecule has 5 nitrogen and oxygen atoms in total. The third-order valence-electron chi connectivity index (χ3n) is 3.42. The van der Waals surface area contributed by atoms with Crippen LogP contribution in [0.1, 0.15) is 12.6 Å². The number of carbonyl (C=O) groups excluding carboxylic acids is 1. The Morgan fingerprint density at radius 2 is 1.96 bits per heavy atom. The molecule has 1 aromatic heterocycles. The summed E-state index contributed by atoms with van der Waals surface area (Å²) in [5, 5.41) is 5.92. The predicted molar refractivity (Wildman–Crippen MR) is 108 cm³/mol. The fourth-order valence-electron chi connectivity index (χ4n) is 2.08. The molecule has 0 radical (unpaired) electrons. The molecule has 2 aromatic rings. The van der Waals surface area contributed by atoms with E-state index in [0.29, 0.717) is 19.6 Å². The minimum atomic E-state index is 0. The number of amides is 1. The monoisotopic (exact) mass is 405 g/mol. The molecule has 2 rings (SSSR count). The first-order valence-corrected chi connectivity index (χ1v) is 8.58. The highest BCUT2D eigenvalue weighted by Gasteiger charge is 2.12. The Balaban J connectivity index is 0.00000288. The van der Waals surface area contributed by atoms with E-state index in [0.717, 1.165) is 28.6 Å². The highest BCUT2D eigenvalue weighted by molar-refractivity contribution is 7.13. The zero-order chi connectivity index (χ0) is 16.7. The van der Waals surface area contributed by atoms with E-state index >= 15 is 0 Å². The normalized spacial score (nSPS) is 9.72. The minimum absolute atomic E-state index is 0. The summed E-state index contributed by atoms with van der Waals surface area (Å²) in [6.07, 6.45) is 0.341. The molecule has 0 aliphatic rings. The maximum Gasteiger partial charge on any atom is 0.228 e.